The smallest absolute Gasteiger partial charge is 0.253 e. The van der Waals surface area contributed by atoms with Crippen LogP contribution in [0.1, 0.15) is 35.8 Å². The van der Waals surface area contributed by atoms with Gasteiger partial charge in [-0.3, -0.25) is 9.59 Å². The van der Waals surface area contributed by atoms with Crippen molar-refractivity contribution in [3.8, 4) is 0 Å². The third kappa shape index (κ3) is 5.81. The van der Waals surface area contributed by atoms with Crippen LogP contribution in [0.2, 0.25) is 5.02 Å². The number of carbonyl (C=O) groups is 2. The number of benzene rings is 2. The molecule has 0 fully saturated rings. The van der Waals surface area contributed by atoms with Gasteiger partial charge in [0, 0.05) is 6.54 Å². The number of carbonyl (C=O) groups excluding carboxylic acids is 2. The minimum Gasteiger partial charge on any atom is -0.352 e. The highest BCUT2D eigenvalue weighted by molar-refractivity contribution is 6.33. The molecule has 2 rings (SSSR count). The summed E-state index contributed by atoms with van der Waals surface area (Å²) < 4.78 is 0. The van der Waals surface area contributed by atoms with Crippen molar-refractivity contribution in [2.75, 3.05) is 20.6 Å². The van der Waals surface area contributed by atoms with Crippen LogP contribution in [-0.2, 0) is 4.79 Å². The fraction of sp³-hybridized carbons (Fsp3) is 0.364. The molecule has 0 saturated heterocycles. The Hall–Kier alpha value is -2.37. The first-order chi connectivity index (χ1) is 13.3. The molecule has 2 unspecified atom stereocenters. The van der Waals surface area contributed by atoms with Gasteiger partial charge in [0.1, 0.15) is 6.04 Å². The van der Waals surface area contributed by atoms with Gasteiger partial charge in [0.25, 0.3) is 5.91 Å². The summed E-state index contributed by atoms with van der Waals surface area (Å²) >= 11 is 6.10. The predicted octanol–water partition coefficient (Wildman–Crippen LogP) is 3.51. The van der Waals surface area contributed by atoms with Crippen molar-refractivity contribution < 1.29 is 9.59 Å². The topological polar surface area (TPSA) is 61.4 Å². The van der Waals surface area contributed by atoms with Gasteiger partial charge >= 0.3 is 0 Å². The highest BCUT2D eigenvalue weighted by Crippen LogP contribution is 2.18. The molecule has 0 saturated carbocycles. The van der Waals surface area contributed by atoms with Gasteiger partial charge in [-0.1, -0.05) is 67.9 Å². The molecule has 0 aliphatic carbocycles. The zero-order valence-electron chi connectivity index (χ0n) is 16.8. The molecule has 2 aromatic rings. The lowest BCUT2D eigenvalue weighted by atomic mass is 10.0. The van der Waals surface area contributed by atoms with Gasteiger partial charge in [0.2, 0.25) is 5.91 Å². The molecule has 2 amide bonds. The molecule has 0 bridgehead atoms. The average Bonchev–Trinajstić information content (AvgIpc) is 2.66. The van der Waals surface area contributed by atoms with Gasteiger partial charge in [-0.2, -0.15) is 0 Å². The first-order valence-electron chi connectivity index (χ1n) is 9.35. The number of hydrogen-bond acceptors (Lipinski definition) is 3. The molecule has 0 aromatic heterocycles. The molecule has 28 heavy (non-hydrogen) atoms. The quantitative estimate of drug-likeness (QED) is 0.711. The van der Waals surface area contributed by atoms with Crippen LogP contribution < -0.4 is 10.6 Å². The number of likely N-dealkylation sites (N-methyl/N-ethyl adjacent to an activating group) is 1. The highest BCUT2D eigenvalue weighted by atomic mass is 35.5. The lowest BCUT2D eigenvalue weighted by molar-refractivity contribution is -0.124. The zero-order chi connectivity index (χ0) is 20.7. The van der Waals surface area contributed by atoms with E-state index < -0.39 is 6.04 Å². The van der Waals surface area contributed by atoms with Crippen molar-refractivity contribution in [1.29, 1.82) is 0 Å². The number of rotatable bonds is 8. The molecule has 0 aliphatic heterocycles. The van der Waals surface area contributed by atoms with Crippen LogP contribution in [-0.4, -0.2) is 43.4 Å². The molecule has 0 aliphatic rings. The maximum absolute atomic E-state index is 12.8. The van der Waals surface area contributed by atoms with E-state index in [0.717, 1.165) is 5.56 Å². The van der Waals surface area contributed by atoms with Crippen LogP contribution in [0.25, 0.3) is 0 Å². The van der Waals surface area contributed by atoms with E-state index in [-0.39, 0.29) is 23.8 Å². The summed E-state index contributed by atoms with van der Waals surface area (Å²) in [5.74, 6) is -0.633. The van der Waals surface area contributed by atoms with Crippen LogP contribution in [0.4, 0.5) is 0 Å². The van der Waals surface area contributed by atoms with Crippen molar-refractivity contribution in [2.45, 2.75) is 25.9 Å². The summed E-state index contributed by atoms with van der Waals surface area (Å²) in [6.07, 6.45) is 0. The molecule has 5 nitrogen and oxygen atoms in total. The Bertz CT molecular complexity index is 793. The summed E-state index contributed by atoms with van der Waals surface area (Å²) in [5.41, 5.74) is 1.48. The third-order valence-corrected chi connectivity index (χ3v) is 4.96. The van der Waals surface area contributed by atoms with Crippen LogP contribution in [0.5, 0.6) is 0 Å². The summed E-state index contributed by atoms with van der Waals surface area (Å²) in [7, 11) is 3.95. The van der Waals surface area contributed by atoms with Gasteiger partial charge < -0.3 is 15.5 Å². The second-order valence-corrected chi connectivity index (χ2v) is 7.72. The van der Waals surface area contributed by atoms with Crippen molar-refractivity contribution in [1.82, 2.24) is 15.5 Å². The first kappa shape index (κ1) is 21.9. The Morgan fingerprint density at radius 2 is 1.61 bits per heavy atom. The summed E-state index contributed by atoms with van der Waals surface area (Å²) in [5, 5.41) is 6.16. The second kappa shape index (κ2) is 10.2. The van der Waals surface area contributed by atoms with Gasteiger partial charge in [-0.15, -0.1) is 0 Å². The van der Waals surface area contributed by atoms with Crippen LogP contribution in [0.15, 0.2) is 54.6 Å². The van der Waals surface area contributed by atoms with E-state index in [1.54, 1.807) is 24.3 Å². The van der Waals surface area contributed by atoms with Crippen LogP contribution >= 0.6 is 11.6 Å². The molecule has 0 heterocycles. The highest BCUT2D eigenvalue weighted by Gasteiger charge is 2.26. The summed E-state index contributed by atoms with van der Waals surface area (Å²) in [6, 6.07) is 16.2. The van der Waals surface area contributed by atoms with Gasteiger partial charge in [0.05, 0.1) is 16.6 Å². The van der Waals surface area contributed by atoms with Crippen molar-refractivity contribution in [3.05, 3.63) is 70.7 Å². The summed E-state index contributed by atoms with van der Waals surface area (Å²) in [6.45, 7) is 4.25. The maximum atomic E-state index is 12.8. The lowest BCUT2D eigenvalue weighted by Gasteiger charge is -2.27. The van der Waals surface area contributed by atoms with Crippen molar-refractivity contribution in [2.24, 2.45) is 5.92 Å². The molecule has 2 atom stereocenters. The molecule has 2 N–H and O–H groups in total. The Balaban J connectivity index is 2.06. The Labute approximate surface area is 172 Å². The third-order valence-electron chi connectivity index (χ3n) is 4.63. The molecular formula is C22H28ClN3O2. The predicted molar refractivity (Wildman–Crippen MR) is 113 cm³/mol. The normalized spacial score (nSPS) is 13.2. The van der Waals surface area contributed by atoms with Gasteiger partial charge in [-0.05, 0) is 37.7 Å². The first-order valence-corrected chi connectivity index (χ1v) is 9.73. The van der Waals surface area contributed by atoms with E-state index in [2.05, 4.69) is 15.5 Å². The van der Waals surface area contributed by atoms with E-state index in [1.807, 2.05) is 58.3 Å². The number of nitrogens with zero attached hydrogens (tertiary/aromatic N) is 1. The largest absolute Gasteiger partial charge is 0.352 e. The number of nitrogens with one attached hydrogen (secondary N) is 2. The van der Waals surface area contributed by atoms with E-state index in [0.29, 0.717) is 17.1 Å². The molecule has 0 radical (unpaired) electrons. The van der Waals surface area contributed by atoms with Crippen LogP contribution in [0.3, 0.4) is 0 Å². The van der Waals surface area contributed by atoms with E-state index in [1.165, 1.54) is 0 Å². The van der Waals surface area contributed by atoms with E-state index in [9.17, 15) is 9.59 Å². The monoisotopic (exact) mass is 401 g/mol. The minimum atomic E-state index is -0.651. The number of halogens is 1. The zero-order valence-corrected chi connectivity index (χ0v) is 17.5. The molecule has 0 spiro atoms. The standard InChI is InChI=1S/C22H28ClN3O2/c1-15(2)20(25-21(27)17-12-8-9-13-18(17)23)22(28)24-14-19(26(3)4)16-10-6-5-7-11-16/h5-13,15,19-20H,14H2,1-4H3,(H,24,28)(H,25,27). The van der Waals surface area contributed by atoms with Crippen molar-refractivity contribution >= 4 is 23.4 Å². The number of hydrogen-bond donors (Lipinski definition) is 2. The van der Waals surface area contributed by atoms with Crippen molar-refractivity contribution in [3.63, 3.8) is 0 Å². The summed E-state index contributed by atoms with van der Waals surface area (Å²) in [4.78, 5) is 27.4. The lowest BCUT2D eigenvalue weighted by Crippen LogP contribution is -2.51. The molecule has 150 valence electrons. The molecule has 2 aromatic carbocycles. The van der Waals surface area contributed by atoms with Crippen LogP contribution in [0, 0.1) is 5.92 Å². The Morgan fingerprint density at radius 1 is 1.00 bits per heavy atom. The Kier molecular flexibility index (Phi) is 8.03. The fourth-order valence-electron chi connectivity index (χ4n) is 2.98. The second-order valence-electron chi connectivity index (χ2n) is 7.31. The SMILES string of the molecule is CC(C)C(NC(=O)c1ccccc1Cl)C(=O)NCC(c1ccccc1)N(C)C. The van der Waals surface area contributed by atoms with E-state index >= 15 is 0 Å². The Morgan fingerprint density at radius 3 is 2.18 bits per heavy atom. The minimum absolute atomic E-state index is 0.0391. The van der Waals surface area contributed by atoms with Gasteiger partial charge in [0.15, 0.2) is 0 Å². The molecule has 6 heteroatoms. The number of amides is 2. The van der Waals surface area contributed by atoms with E-state index in [4.69, 9.17) is 11.6 Å². The average molecular weight is 402 g/mol. The van der Waals surface area contributed by atoms with Gasteiger partial charge in [-0.25, -0.2) is 0 Å². The maximum Gasteiger partial charge on any atom is 0.253 e. The fourth-order valence-corrected chi connectivity index (χ4v) is 3.20. The molecular weight excluding hydrogens is 374 g/mol.